The van der Waals surface area contributed by atoms with E-state index in [2.05, 4.69) is 20.6 Å². The van der Waals surface area contributed by atoms with Crippen molar-refractivity contribution >= 4 is 45.6 Å². The number of para-hydroxylation sites is 1. The lowest BCUT2D eigenvalue weighted by molar-refractivity contribution is -0.141. The van der Waals surface area contributed by atoms with Crippen LogP contribution >= 0.6 is 23.1 Å². The van der Waals surface area contributed by atoms with Crippen molar-refractivity contribution in [3.05, 3.63) is 87.9 Å². The van der Waals surface area contributed by atoms with E-state index in [1.54, 1.807) is 36.4 Å². The highest BCUT2D eigenvalue weighted by Gasteiger charge is 2.34. The minimum absolute atomic E-state index is 0.121. The van der Waals surface area contributed by atoms with Gasteiger partial charge in [-0.05, 0) is 56.4 Å². The Morgan fingerprint density at radius 3 is 2.42 bits per heavy atom. The van der Waals surface area contributed by atoms with E-state index in [1.165, 1.54) is 11.3 Å². The summed E-state index contributed by atoms with van der Waals surface area (Å²) in [7, 11) is 0. The number of thiophene rings is 1. The minimum Gasteiger partial charge on any atom is -0.322 e. The molecule has 2 N–H and O–H groups in total. The number of nitrogens with one attached hydrogen (secondary N) is 2. The number of rotatable bonds is 7. The van der Waals surface area contributed by atoms with Crippen LogP contribution in [0.5, 0.6) is 0 Å². The standard InChI is InChI=1S/C29H25F3N4O2S2/c1-17-11-13-18(14-12-17)21-15-23(29(30,31)32)35-28(34-21)39-16-24(37)36-27-25(20-9-5-6-10-22(20)40-27)26(38)33-19-7-3-2-4-8-19/h2-4,7-8,11-15H,5-6,9-10,16H2,1H3,(H,33,38)(H,36,37). The molecule has 0 atom stereocenters. The molecular weight excluding hydrogens is 557 g/mol. The fourth-order valence-electron chi connectivity index (χ4n) is 4.41. The molecule has 0 saturated carbocycles. The molecular formula is C29H25F3N4O2S2. The Morgan fingerprint density at radius 2 is 1.70 bits per heavy atom. The maximum atomic E-state index is 13.6. The van der Waals surface area contributed by atoms with Crippen LogP contribution in [0.4, 0.5) is 23.9 Å². The highest BCUT2D eigenvalue weighted by atomic mass is 32.2. The van der Waals surface area contributed by atoms with Crippen LogP contribution in [0.3, 0.4) is 0 Å². The fourth-order valence-corrected chi connectivity index (χ4v) is 6.37. The lowest BCUT2D eigenvalue weighted by atomic mass is 9.95. The Balaban J connectivity index is 1.35. The van der Waals surface area contributed by atoms with Gasteiger partial charge in [0.15, 0.2) is 5.16 Å². The Bertz CT molecular complexity index is 1540. The lowest BCUT2D eigenvalue weighted by Crippen LogP contribution is -2.19. The van der Waals surface area contributed by atoms with Crippen LogP contribution in [0, 0.1) is 6.92 Å². The van der Waals surface area contributed by atoms with E-state index in [1.807, 2.05) is 25.1 Å². The van der Waals surface area contributed by atoms with Gasteiger partial charge in [0.25, 0.3) is 5.91 Å². The molecule has 4 aromatic rings. The zero-order valence-electron chi connectivity index (χ0n) is 21.5. The van der Waals surface area contributed by atoms with Crippen molar-refractivity contribution in [1.29, 1.82) is 0 Å². The number of nitrogens with zero attached hydrogens (tertiary/aromatic N) is 2. The van der Waals surface area contributed by atoms with Crippen molar-refractivity contribution in [3.8, 4) is 11.3 Å². The quantitative estimate of drug-likeness (QED) is 0.175. The number of carbonyl (C=O) groups excluding carboxylic acids is 2. The third-order valence-electron chi connectivity index (χ3n) is 6.36. The number of benzene rings is 2. The second kappa shape index (κ2) is 11.8. The van der Waals surface area contributed by atoms with Crippen LogP contribution in [-0.4, -0.2) is 27.5 Å². The summed E-state index contributed by atoms with van der Waals surface area (Å²) in [4.78, 5) is 35.2. The van der Waals surface area contributed by atoms with E-state index in [0.717, 1.165) is 59.5 Å². The van der Waals surface area contributed by atoms with E-state index >= 15 is 0 Å². The van der Waals surface area contributed by atoms with Crippen molar-refractivity contribution in [1.82, 2.24) is 9.97 Å². The molecule has 0 spiro atoms. The van der Waals surface area contributed by atoms with E-state index in [-0.39, 0.29) is 22.5 Å². The molecule has 0 unspecified atom stereocenters. The summed E-state index contributed by atoms with van der Waals surface area (Å²) in [5, 5.41) is 6.00. The van der Waals surface area contributed by atoms with Crippen LogP contribution in [0.2, 0.25) is 0 Å². The minimum atomic E-state index is -4.67. The van der Waals surface area contributed by atoms with Crippen LogP contribution in [0.15, 0.2) is 65.8 Å². The molecule has 2 aromatic heterocycles. The van der Waals surface area contributed by atoms with Crippen LogP contribution in [-0.2, 0) is 23.8 Å². The predicted octanol–water partition coefficient (Wildman–Crippen LogP) is 7.39. The molecule has 2 heterocycles. The molecule has 0 aliphatic heterocycles. The summed E-state index contributed by atoms with van der Waals surface area (Å²) < 4.78 is 40.8. The first-order valence-electron chi connectivity index (χ1n) is 12.6. The van der Waals surface area contributed by atoms with Crippen LogP contribution < -0.4 is 10.6 Å². The average molecular weight is 583 g/mol. The predicted molar refractivity (Wildman–Crippen MR) is 152 cm³/mol. The molecule has 2 amide bonds. The molecule has 6 nitrogen and oxygen atoms in total. The largest absolute Gasteiger partial charge is 0.433 e. The number of hydrogen-bond donors (Lipinski definition) is 2. The topological polar surface area (TPSA) is 84.0 Å². The fraction of sp³-hybridized carbons (Fsp3) is 0.241. The van der Waals surface area contributed by atoms with E-state index in [4.69, 9.17) is 0 Å². The van der Waals surface area contributed by atoms with Gasteiger partial charge in [-0.2, -0.15) is 13.2 Å². The molecule has 11 heteroatoms. The maximum absolute atomic E-state index is 13.6. The molecule has 0 fully saturated rings. The Labute approximate surface area is 237 Å². The molecule has 0 bridgehead atoms. The third-order valence-corrected chi connectivity index (χ3v) is 8.41. The first-order valence-corrected chi connectivity index (χ1v) is 14.4. The monoisotopic (exact) mass is 582 g/mol. The smallest absolute Gasteiger partial charge is 0.322 e. The second-order valence-electron chi connectivity index (χ2n) is 9.36. The summed E-state index contributed by atoms with van der Waals surface area (Å²) in [5.74, 6) is -0.996. The summed E-state index contributed by atoms with van der Waals surface area (Å²) in [5.41, 5.74) is 2.55. The van der Waals surface area contributed by atoms with Gasteiger partial charge in [-0.15, -0.1) is 11.3 Å². The van der Waals surface area contributed by atoms with E-state index in [9.17, 15) is 22.8 Å². The number of alkyl halides is 3. The van der Waals surface area contributed by atoms with Gasteiger partial charge in [-0.3, -0.25) is 9.59 Å². The number of aromatic nitrogens is 2. The van der Waals surface area contributed by atoms with Gasteiger partial charge in [0.2, 0.25) is 5.91 Å². The van der Waals surface area contributed by atoms with Crippen molar-refractivity contribution in [2.45, 2.75) is 43.9 Å². The molecule has 0 radical (unpaired) electrons. The average Bonchev–Trinajstić information content (AvgIpc) is 3.30. The third kappa shape index (κ3) is 6.53. The number of amides is 2. The van der Waals surface area contributed by atoms with Gasteiger partial charge in [0.1, 0.15) is 10.7 Å². The van der Waals surface area contributed by atoms with Gasteiger partial charge in [-0.1, -0.05) is 59.8 Å². The normalized spacial score (nSPS) is 13.0. The Hall–Kier alpha value is -3.70. The number of anilines is 2. The molecule has 5 rings (SSSR count). The van der Waals surface area contributed by atoms with Gasteiger partial charge in [0, 0.05) is 16.1 Å². The first kappa shape index (κ1) is 27.9. The summed E-state index contributed by atoms with van der Waals surface area (Å²) in [6.45, 7) is 1.88. The SMILES string of the molecule is Cc1ccc(-c2cc(C(F)(F)F)nc(SCC(=O)Nc3sc4c(c3C(=O)Nc3ccccc3)CCCC4)n2)cc1. The Morgan fingerprint density at radius 1 is 0.975 bits per heavy atom. The van der Waals surface area contributed by atoms with Crippen molar-refractivity contribution in [2.75, 3.05) is 16.4 Å². The summed E-state index contributed by atoms with van der Waals surface area (Å²) in [6, 6.07) is 16.9. The molecule has 40 heavy (non-hydrogen) atoms. The highest BCUT2D eigenvalue weighted by Crippen LogP contribution is 2.39. The molecule has 206 valence electrons. The number of thioether (sulfide) groups is 1. The summed E-state index contributed by atoms with van der Waals surface area (Å²) >= 11 is 2.19. The zero-order valence-corrected chi connectivity index (χ0v) is 23.1. The number of halogens is 3. The van der Waals surface area contributed by atoms with Crippen molar-refractivity contribution in [2.24, 2.45) is 0 Å². The Kier molecular flexibility index (Phi) is 8.22. The molecule has 1 aliphatic carbocycles. The number of hydrogen-bond acceptors (Lipinski definition) is 6. The van der Waals surface area contributed by atoms with Crippen LogP contribution in [0.1, 0.15) is 44.9 Å². The number of aryl methyl sites for hydroxylation is 2. The summed E-state index contributed by atoms with van der Waals surface area (Å²) in [6.07, 6.45) is -1.14. The van der Waals surface area contributed by atoms with Crippen LogP contribution in [0.25, 0.3) is 11.3 Å². The second-order valence-corrected chi connectivity index (χ2v) is 11.4. The van der Waals surface area contributed by atoms with E-state index in [0.29, 0.717) is 21.8 Å². The van der Waals surface area contributed by atoms with Crippen molar-refractivity contribution < 1.29 is 22.8 Å². The number of fused-ring (bicyclic) bond motifs is 1. The zero-order chi connectivity index (χ0) is 28.3. The molecule has 0 saturated heterocycles. The van der Waals surface area contributed by atoms with Gasteiger partial charge in [-0.25, -0.2) is 9.97 Å². The lowest BCUT2D eigenvalue weighted by Gasteiger charge is -2.13. The van der Waals surface area contributed by atoms with Gasteiger partial charge >= 0.3 is 6.18 Å². The number of carbonyl (C=O) groups is 2. The molecule has 1 aliphatic rings. The van der Waals surface area contributed by atoms with Gasteiger partial charge in [0.05, 0.1) is 17.0 Å². The van der Waals surface area contributed by atoms with Crippen molar-refractivity contribution in [3.63, 3.8) is 0 Å². The highest BCUT2D eigenvalue weighted by molar-refractivity contribution is 7.99. The maximum Gasteiger partial charge on any atom is 0.433 e. The molecule has 2 aromatic carbocycles. The first-order chi connectivity index (χ1) is 19.2. The van der Waals surface area contributed by atoms with Gasteiger partial charge < -0.3 is 10.6 Å². The van der Waals surface area contributed by atoms with E-state index < -0.39 is 17.8 Å².